The molecule has 0 saturated heterocycles. The number of rotatable bonds is 4. The second kappa shape index (κ2) is 6.44. The average Bonchev–Trinajstić information content (AvgIpc) is 2.46. The Hall–Kier alpha value is -1.00. The van der Waals surface area contributed by atoms with Crippen molar-refractivity contribution in [3.63, 3.8) is 0 Å². The third-order valence-electron chi connectivity index (χ3n) is 2.89. The van der Waals surface area contributed by atoms with Gasteiger partial charge in [0.05, 0.1) is 19.0 Å². The van der Waals surface area contributed by atoms with Gasteiger partial charge in [-0.15, -0.1) is 0 Å². The Morgan fingerprint density at radius 2 is 1.68 bits per heavy atom. The van der Waals surface area contributed by atoms with Crippen LogP contribution in [0, 0.1) is 0 Å². The first-order valence-electron chi connectivity index (χ1n) is 5.77. The van der Waals surface area contributed by atoms with E-state index in [9.17, 15) is 0 Å². The maximum atomic E-state index is 5.45. The predicted molar refractivity (Wildman–Crippen MR) is 84.5 cm³/mol. The highest BCUT2D eigenvalue weighted by Crippen LogP contribution is 2.40. The van der Waals surface area contributed by atoms with Crippen LogP contribution >= 0.6 is 31.9 Å². The van der Waals surface area contributed by atoms with E-state index in [1.165, 1.54) is 0 Å². The number of ether oxygens (including phenoxy) is 2. The number of hydrogen-bond donors (Lipinski definition) is 0. The van der Waals surface area contributed by atoms with E-state index in [-0.39, 0.29) is 4.83 Å². The molecule has 1 unspecified atom stereocenters. The predicted octanol–water partition coefficient (Wildman–Crippen LogP) is 4.95. The zero-order valence-electron chi connectivity index (χ0n) is 10.7. The number of alkyl halides is 1. The second-order valence-corrected chi connectivity index (χ2v) is 5.76. The molecule has 0 heterocycles. The second-order valence-electron chi connectivity index (χ2n) is 3.99. The Morgan fingerprint density at radius 3 is 2.32 bits per heavy atom. The first-order valence-corrected chi connectivity index (χ1v) is 7.48. The van der Waals surface area contributed by atoms with E-state index in [1.807, 2.05) is 36.4 Å². The summed E-state index contributed by atoms with van der Waals surface area (Å²) >= 11 is 7.31. The van der Waals surface area contributed by atoms with E-state index in [0.717, 1.165) is 27.1 Å². The first-order chi connectivity index (χ1) is 9.17. The molecule has 0 bridgehead atoms. The van der Waals surface area contributed by atoms with E-state index in [2.05, 4.69) is 37.9 Å². The zero-order chi connectivity index (χ0) is 13.8. The van der Waals surface area contributed by atoms with Crippen LogP contribution in [0.3, 0.4) is 0 Å². The standard InChI is InChI=1S/C15H14Br2O2/c1-18-10-7-8-12(14(9-10)19-2)15(17)11-5-3-4-6-13(11)16/h3-9,15H,1-2H3. The molecule has 0 aliphatic carbocycles. The van der Waals surface area contributed by atoms with Crippen LogP contribution in [0.25, 0.3) is 0 Å². The van der Waals surface area contributed by atoms with Gasteiger partial charge in [0, 0.05) is 16.1 Å². The first kappa shape index (κ1) is 14.4. The third kappa shape index (κ3) is 3.12. The van der Waals surface area contributed by atoms with Crippen LogP contribution in [0.5, 0.6) is 11.5 Å². The molecular weight excluding hydrogens is 372 g/mol. The molecule has 0 spiro atoms. The summed E-state index contributed by atoms with van der Waals surface area (Å²) in [6.45, 7) is 0. The lowest BCUT2D eigenvalue weighted by atomic mass is 10.0. The highest BCUT2D eigenvalue weighted by Gasteiger charge is 2.17. The summed E-state index contributed by atoms with van der Waals surface area (Å²) in [6, 6.07) is 14.0. The fourth-order valence-electron chi connectivity index (χ4n) is 1.88. The maximum Gasteiger partial charge on any atom is 0.127 e. The molecular formula is C15H14Br2O2. The lowest BCUT2D eigenvalue weighted by Gasteiger charge is -2.16. The lowest BCUT2D eigenvalue weighted by molar-refractivity contribution is 0.391. The van der Waals surface area contributed by atoms with Crippen LogP contribution in [0.15, 0.2) is 46.9 Å². The van der Waals surface area contributed by atoms with Gasteiger partial charge in [0.2, 0.25) is 0 Å². The molecule has 0 aliphatic heterocycles. The smallest absolute Gasteiger partial charge is 0.127 e. The quantitative estimate of drug-likeness (QED) is 0.693. The minimum Gasteiger partial charge on any atom is -0.497 e. The van der Waals surface area contributed by atoms with Crippen molar-refractivity contribution in [1.29, 1.82) is 0 Å². The van der Waals surface area contributed by atoms with Gasteiger partial charge in [-0.2, -0.15) is 0 Å². The Bertz CT molecular complexity index is 570. The van der Waals surface area contributed by atoms with Gasteiger partial charge in [0.25, 0.3) is 0 Å². The molecule has 0 amide bonds. The van der Waals surface area contributed by atoms with Crippen LogP contribution in [0.2, 0.25) is 0 Å². The van der Waals surface area contributed by atoms with E-state index in [4.69, 9.17) is 9.47 Å². The summed E-state index contributed by atoms with van der Waals surface area (Å²) in [5, 5.41) is 0. The summed E-state index contributed by atoms with van der Waals surface area (Å²) in [5.41, 5.74) is 2.22. The third-order valence-corrected chi connectivity index (χ3v) is 4.60. The van der Waals surface area contributed by atoms with Crippen molar-refractivity contribution >= 4 is 31.9 Å². The molecule has 1 atom stereocenters. The van der Waals surface area contributed by atoms with E-state index >= 15 is 0 Å². The fraction of sp³-hybridized carbons (Fsp3) is 0.200. The molecule has 2 aromatic rings. The van der Waals surface area contributed by atoms with Crippen molar-refractivity contribution in [1.82, 2.24) is 0 Å². The zero-order valence-corrected chi connectivity index (χ0v) is 13.9. The van der Waals surface area contributed by atoms with Gasteiger partial charge in [-0.3, -0.25) is 0 Å². The van der Waals surface area contributed by atoms with Gasteiger partial charge in [0.1, 0.15) is 11.5 Å². The summed E-state index contributed by atoms with van der Waals surface area (Å²) in [5.74, 6) is 1.59. The highest BCUT2D eigenvalue weighted by molar-refractivity contribution is 9.11. The van der Waals surface area contributed by atoms with Gasteiger partial charge in [-0.05, 0) is 17.7 Å². The average molecular weight is 386 g/mol. The van der Waals surface area contributed by atoms with E-state index in [0.29, 0.717) is 0 Å². The van der Waals surface area contributed by atoms with Crippen molar-refractivity contribution in [2.75, 3.05) is 14.2 Å². The minimum atomic E-state index is 0.0592. The molecule has 0 aromatic heterocycles. The van der Waals surface area contributed by atoms with Gasteiger partial charge in [-0.25, -0.2) is 0 Å². The molecule has 4 heteroatoms. The number of benzene rings is 2. The Labute approximate surface area is 130 Å². The van der Waals surface area contributed by atoms with Crippen LogP contribution in [-0.4, -0.2) is 14.2 Å². The molecule has 0 aliphatic rings. The van der Waals surface area contributed by atoms with Crippen molar-refractivity contribution in [3.05, 3.63) is 58.1 Å². The lowest BCUT2D eigenvalue weighted by Crippen LogP contribution is -1.98. The highest BCUT2D eigenvalue weighted by atomic mass is 79.9. The van der Waals surface area contributed by atoms with Gasteiger partial charge in [-0.1, -0.05) is 56.1 Å². The molecule has 0 radical (unpaired) electrons. The Balaban J connectivity index is 2.44. The number of halogens is 2. The monoisotopic (exact) mass is 384 g/mol. The summed E-state index contributed by atoms with van der Waals surface area (Å²) < 4.78 is 11.7. The van der Waals surface area contributed by atoms with Crippen LogP contribution in [-0.2, 0) is 0 Å². The molecule has 0 saturated carbocycles. The number of hydrogen-bond acceptors (Lipinski definition) is 2. The summed E-state index contributed by atoms with van der Waals surface area (Å²) in [6.07, 6.45) is 0. The molecule has 100 valence electrons. The Kier molecular flexibility index (Phi) is 4.88. The SMILES string of the molecule is COc1ccc(C(Br)c2ccccc2Br)c(OC)c1. The fourth-order valence-corrected chi connectivity index (χ4v) is 3.47. The molecule has 2 rings (SSSR count). The van der Waals surface area contributed by atoms with Gasteiger partial charge in [0.15, 0.2) is 0 Å². The number of methoxy groups -OCH3 is 2. The van der Waals surface area contributed by atoms with Crippen molar-refractivity contribution in [2.45, 2.75) is 4.83 Å². The van der Waals surface area contributed by atoms with Crippen molar-refractivity contribution < 1.29 is 9.47 Å². The van der Waals surface area contributed by atoms with Crippen molar-refractivity contribution in [3.8, 4) is 11.5 Å². The summed E-state index contributed by atoms with van der Waals surface area (Å²) in [4.78, 5) is 0.0592. The van der Waals surface area contributed by atoms with E-state index < -0.39 is 0 Å². The normalized spacial score (nSPS) is 12.0. The molecule has 19 heavy (non-hydrogen) atoms. The molecule has 2 aromatic carbocycles. The van der Waals surface area contributed by atoms with Crippen molar-refractivity contribution in [2.24, 2.45) is 0 Å². The largest absolute Gasteiger partial charge is 0.497 e. The van der Waals surface area contributed by atoms with Crippen LogP contribution in [0.4, 0.5) is 0 Å². The topological polar surface area (TPSA) is 18.5 Å². The van der Waals surface area contributed by atoms with Crippen LogP contribution < -0.4 is 9.47 Å². The minimum absolute atomic E-state index is 0.0592. The van der Waals surface area contributed by atoms with Crippen LogP contribution in [0.1, 0.15) is 16.0 Å². The molecule has 0 fully saturated rings. The molecule has 2 nitrogen and oxygen atoms in total. The maximum absolute atomic E-state index is 5.45. The summed E-state index contributed by atoms with van der Waals surface area (Å²) in [7, 11) is 3.31. The Morgan fingerprint density at radius 1 is 0.947 bits per heavy atom. The van der Waals surface area contributed by atoms with E-state index in [1.54, 1.807) is 14.2 Å². The molecule has 0 N–H and O–H groups in total. The van der Waals surface area contributed by atoms with Gasteiger partial charge < -0.3 is 9.47 Å². The van der Waals surface area contributed by atoms with Gasteiger partial charge >= 0.3 is 0 Å².